The van der Waals surface area contributed by atoms with Gasteiger partial charge in [0.2, 0.25) is 0 Å². The standard InChI is InChI=1S/C23H27N3O3/c1-17-6-3-4-9-20(17)22-15-21(18-7-5-8-19(14-18)28-2)24-26(22)23(27)16-25-10-12-29-13-11-25/h3-9,14,22H,10-13,15-16H2,1-2H3. The number of rotatable bonds is 5. The van der Waals surface area contributed by atoms with Gasteiger partial charge in [-0.2, -0.15) is 5.10 Å². The Hall–Kier alpha value is -2.70. The Bertz CT molecular complexity index is 906. The average molecular weight is 393 g/mol. The SMILES string of the molecule is COc1cccc(C2=NN(C(=O)CN3CCOCC3)C(c3ccccc3C)C2)c1. The Balaban J connectivity index is 1.63. The lowest BCUT2D eigenvalue weighted by molar-refractivity contribution is -0.135. The molecule has 1 amide bonds. The molecule has 0 aromatic heterocycles. The number of methoxy groups -OCH3 is 1. The Labute approximate surface area is 171 Å². The van der Waals surface area contributed by atoms with Crippen molar-refractivity contribution in [1.82, 2.24) is 9.91 Å². The summed E-state index contributed by atoms with van der Waals surface area (Å²) < 4.78 is 10.8. The van der Waals surface area contributed by atoms with E-state index in [1.165, 1.54) is 5.56 Å². The zero-order chi connectivity index (χ0) is 20.2. The van der Waals surface area contributed by atoms with Crippen molar-refractivity contribution in [2.24, 2.45) is 5.10 Å². The van der Waals surface area contributed by atoms with Crippen molar-refractivity contribution in [3.8, 4) is 5.75 Å². The molecule has 4 rings (SSSR count). The van der Waals surface area contributed by atoms with Crippen molar-refractivity contribution in [2.75, 3.05) is 40.0 Å². The molecule has 1 fully saturated rings. The summed E-state index contributed by atoms with van der Waals surface area (Å²) in [6.07, 6.45) is 0.687. The fourth-order valence-corrected chi connectivity index (χ4v) is 3.94. The van der Waals surface area contributed by atoms with Crippen molar-refractivity contribution in [3.63, 3.8) is 0 Å². The second-order valence-corrected chi connectivity index (χ2v) is 7.48. The van der Waals surface area contributed by atoms with Crippen molar-refractivity contribution >= 4 is 11.6 Å². The van der Waals surface area contributed by atoms with Crippen LogP contribution in [-0.4, -0.2) is 61.5 Å². The number of amides is 1. The first-order chi connectivity index (χ1) is 14.2. The summed E-state index contributed by atoms with van der Waals surface area (Å²) in [6.45, 7) is 5.35. The number of hydrogen-bond acceptors (Lipinski definition) is 5. The lowest BCUT2D eigenvalue weighted by Crippen LogP contribution is -2.43. The van der Waals surface area contributed by atoms with Gasteiger partial charge in [0.15, 0.2) is 0 Å². The number of aryl methyl sites for hydroxylation is 1. The predicted molar refractivity (Wildman–Crippen MR) is 112 cm³/mol. The molecular formula is C23H27N3O3. The first-order valence-corrected chi connectivity index (χ1v) is 10.1. The van der Waals surface area contributed by atoms with Crippen molar-refractivity contribution in [1.29, 1.82) is 0 Å². The van der Waals surface area contributed by atoms with Crippen molar-refractivity contribution < 1.29 is 14.3 Å². The van der Waals surface area contributed by atoms with Crippen LogP contribution in [0.2, 0.25) is 0 Å². The fourth-order valence-electron chi connectivity index (χ4n) is 3.94. The molecule has 1 unspecified atom stereocenters. The molecule has 6 nitrogen and oxygen atoms in total. The van der Waals surface area contributed by atoms with Crippen molar-refractivity contribution in [3.05, 3.63) is 65.2 Å². The van der Waals surface area contributed by atoms with E-state index in [9.17, 15) is 4.79 Å². The minimum absolute atomic E-state index is 0.0260. The van der Waals surface area contributed by atoms with Crippen LogP contribution in [0.3, 0.4) is 0 Å². The van der Waals surface area contributed by atoms with E-state index in [4.69, 9.17) is 14.6 Å². The van der Waals surface area contributed by atoms with E-state index < -0.39 is 0 Å². The highest BCUT2D eigenvalue weighted by atomic mass is 16.5. The third-order valence-electron chi connectivity index (χ3n) is 5.58. The van der Waals surface area contributed by atoms with Gasteiger partial charge in [-0.3, -0.25) is 9.69 Å². The minimum atomic E-state index is -0.0917. The van der Waals surface area contributed by atoms with Crippen LogP contribution in [0, 0.1) is 6.92 Å². The predicted octanol–water partition coefficient (Wildman–Crippen LogP) is 3.01. The number of carbonyl (C=O) groups excluding carboxylic acids is 1. The largest absolute Gasteiger partial charge is 0.497 e. The highest BCUT2D eigenvalue weighted by molar-refractivity contribution is 6.03. The molecule has 2 aliphatic rings. The summed E-state index contributed by atoms with van der Waals surface area (Å²) in [4.78, 5) is 15.4. The summed E-state index contributed by atoms with van der Waals surface area (Å²) >= 11 is 0. The Morgan fingerprint density at radius 3 is 2.72 bits per heavy atom. The van der Waals surface area contributed by atoms with Gasteiger partial charge in [0.25, 0.3) is 5.91 Å². The van der Waals surface area contributed by atoms with Gasteiger partial charge in [-0.15, -0.1) is 0 Å². The summed E-state index contributed by atoms with van der Waals surface area (Å²) in [5.41, 5.74) is 4.21. The molecule has 1 saturated heterocycles. The monoisotopic (exact) mass is 393 g/mol. The van der Waals surface area contributed by atoms with Gasteiger partial charge in [-0.1, -0.05) is 36.4 Å². The van der Waals surface area contributed by atoms with E-state index in [0.29, 0.717) is 26.2 Å². The van der Waals surface area contributed by atoms with Crippen LogP contribution in [0.1, 0.15) is 29.2 Å². The highest BCUT2D eigenvalue weighted by Gasteiger charge is 2.34. The zero-order valence-electron chi connectivity index (χ0n) is 17.0. The smallest absolute Gasteiger partial charge is 0.257 e. The van der Waals surface area contributed by atoms with Crippen LogP contribution < -0.4 is 4.74 Å². The van der Waals surface area contributed by atoms with Gasteiger partial charge in [0, 0.05) is 25.1 Å². The highest BCUT2D eigenvalue weighted by Crippen LogP contribution is 2.35. The molecule has 0 saturated carbocycles. The molecule has 2 aromatic rings. The van der Waals surface area contributed by atoms with Crippen LogP contribution in [0.4, 0.5) is 0 Å². The quantitative estimate of drug-likeness (QED) is 0.784. The zero-order valence-corrected chi connectivity index (χ0v) is 17.0. The van der Waals surface area contributed by atoms with Gasteiger partial charge in [0.1, 0.15) is 5.75 Å². The van der Waals surface area contributed by atoms with E-state index >= 15 is 0 Å². The molecule has 0 radical (unpaired) electrons. The maximum Gasteiger partial charge on any atom is 0.257 e. The van der Waals surface area contributed by atoms with E-state index in [0.717, 1.165) is 35.7 Å². The molecule has 2 heterocycles. The molecular weight excluding hydrogens is 366 g/mol. The number of morpholine rings is 1. The molecule has 152 valence electrons. The second-order valence-electron chi connectivity index (χ2n) is 7.48. The molecule has 2 aliphatic heterocycles. The average Bonchev–Trinajstić information content (AvgIpc) is 3.20. The topological polar surface area (TPSA) is 54.4 Å². The van der Waals surface area contributed by atoms with Crippen LogP contribution in [-0.2, 0) is 9.53 Å². The normalized spacial score (nSPS) is 19.9. The third-order valence-corrected chi connectivity index (χ3v) is 5.58. The minimum Gasteiger partial charge on any atom is -0.497 e. The lowest BCUT2D eigenvalue weighted by Gasteiger charge is -2.29. The molecule has 29 heavy (non-hydrogen) atoms. The van der Waals surface area contributed by atoms with Crippen LogP contribution in [0.15, 0.2) is 53.6 Å². The second kappa shape index (κ2) is 8.76. The van der Waals surface area contributed by atoms with Gasteiger partial charge in [-0.05, 0) is 30.2 Å². The molecule has 0 aliphatic carbocycles. The first-order valence-electron chi connectivity index (χ1n) is 10.1. The Morgan fingerprint density at radius 1 is 1.17 bits per heavy atom. The number of nitrogens with zero attached hydrogens (tertiary/aromatic N) is 3. The number of hydrazone groups is 1. The first kappa shape index (κ1) is 19.6. The Morgan fingerprint density at radius 2 is 1.97 bits per heavy atom. The number of carbonyl (C=O) groups is 1. The van der Waals surface area contributed by atoms with Crippen LogP contribution in [0.25, 0.3) is 0 Å². The van der Waals surface area contributed by atoms with E-state index in [1.54, 1.807) is 12.1 Å². The third kappa shape index (κ3) is 4.33. The molecule has 1 atom stereocenters. The number of benzene rings is 2. The van der Waals surface area contributed by atoms with Crippen LogP contribution in [0.5, 0.6) is 5.75 Å². The van der Waals surface area contributed by atoms with E-state index in [1.807, 2.05) is 36.4 Å². The number of ether oxygens (including phenoxy) is 2. The van der Waals surface area contributed by atoms with Gasteiger partial charge in [0.05, 0.1) is 38.6 Å². The van der Waals surface area contributed by atoms with E-state index in [2.05, 4.69) is 24.0 Å². The molecule has 0 bridgehead atoms. The number of hydrogen-bond donors (Lipinski definition) is 0. The van der Waals surface area contributed by atoms with Crippen LogP contribution >= 0.6 is 0 Å². The summed E-state index contributed by atoms with van der Waals surface area (Å²) in [6, 6.07) is 16.0. The summed E-state index contributed by atoms with van der Waals surface area (Å²) in [5, 5.41) is 6.47. The summed E-state index contributed by atoms with van der Waals surface area (Å²) in [7, 11) is 1.66. The molecule has 6 heteroatoms. The molecule has 0 spiro atoms. The Kier molecular flexibility index (Phi) is 5.92. The lowest BCUT2D eigenvalue weighted by atomic mass is 9.95. The van der Waals surface area contributed by atoms with Gasteiger partial charge >= 0.3 is 0 Å². The summed E-state index contributed by atoms with van der Waals surface area (Å²) in [5.74, 6) is 0.814. The van der Waals surface area contributed by atoms with E-state index in [-0.39, 0.29) is 11.9 Å². The maximum absolute atomic E-state index is 13.2. The fraction of sp³-hybridized carbons (Fsp3) is 0.391. The molecule has 2 aromatic carbocycles. The maximum atomic E-state index is 13.2. The van der Waals surface area contributed by atoms with Gasteiger partial charge < -0.3 is 9.47 Å². The molecule has 0 N–H and O–H groups in total. The van der Waals surface area contributed by atoms with Crippen molar-refractivity contribution in [2.45, 2.75) is 19.4 Å². The van der Waals surface area contributed by atoms with Gasteiger partial charge in [-0.25, -0.2) is 5.01 Å².